The zero-order valence-electron chi connectivity index (χ0n) is 18.5. The Morgan fingerprint density at radius 2 is 1.56 bits per heavy atom. The number of halogens is 1. The summed E-state index contributed by atoms with van der Waals surface area (Å²) >= 11 is 6.02. The lowest BCUT2D eigenvalue weighted by Crippen LogP contribution is -2.51. The zero-order valence-corrected chi connectivity index (χ0v) is 19.2. The smallest absolute Gasteiger partial charge is 0.328 e. The lowest BCUT2D eigenvalue weighted by Gasteiger charge is -2.26. The third-order valence-corrected chi connectivity index (χ3v) is 5.43. The molecule has 0 aliphatic heterocycles. The van der Waals surface area contributed by atoms with Gasteiger partial charge in [0.25, 0.3) is 11.8 Å². The summed E-state index contributed by atoms with van der Waals surface area (Å²) in [4.78, 5) is 38.1. The molecule has 0 radical (unpaired) electrons. The van der Waals surface area contributed by atoms with Crippen molar-refractivity contribution in [3.8, 4) is 0 Å². The first-order valence-corrected chi connectivity index (χ1v) is 11.0. The molecule has 0 heterocycles. The summed E-state index contributed by atoms with van der Waals surface area (Å²) in [5, 5.41) is 16.7. The van der Waals surface area contributed by atoms with E-state index >= 15 is 0 Å². The Labute approximate surface area is 202 Å². The standard InChI is InChI=1S/C26H25ClN2O5/c1-34-26(33)21(16-17-9-8-14-20(27)15-17)28-25(32)23(30)22(18-10-4-2-5-11-18)29-24(31)19-12-6-3-7-13-19/h2-15,21-23,30H,16H2,1H3,(H,28,32)(H,29,31)/t21-,22-,23+/m0/s1. The molecular weight excluding hydrogens is 456 g/mol. The van der Waals surface area contributed by atoms with Gasteiger partial charge in [-0.15, -0.1) is 0 Å². The maximum atomic E-state index is 13.0. The molecule has 3 aromatic rings. The SMILES string of the molecule is COC(=O)[C@H](Cc1cccc(Cl)c1)NC(=O)[C@H](O)[C@@H](NC(=O)c1ccccc1)c1ccccc1. The molecule has 176 valence electrons. The molecule has 0 aromatic heterocycles. The third-order valence-electron chi connectivity index (χ3n) is 5.20. The fourth-order valence-electron chi connectivity index (χ4n) is 3.46. The van der Waals surface area contributed by atoms with E-state index in [2.05, 4.69) is 10.6 Å². The summed E-state index contributed by atoms with van der Waals surface area (Å²) in [5.74, 6) is -1.96. The molecule has 2 amide bonds. The van der Waals surface area contributed by atoms with Crippen molar-refractivity contribution in [2.24, 2.45) is 0 Å². The summed E-state index contributed by atoms with van der Waals surface area (Å²) in [5.41, 5.74) is 1.61. The van der Waals surface area contributed by atoms with Gasteiger partial charge < -0.3 is 20.5 Å². The van der Waals surface area contributed by atoms with E-state index in [1.54, 1.807) is 84.9 Å². The number of methoxy groups -OCH3 is 1. The van der Waals surface area contributed by atoms with Gasteiger partial charge in [-0.25, -0.2) is 4.79 Å². The van der Waals surface area contributed by atoms with E-state index in [4.69, 9.17) is 16.3 Å². The Kier molecular flexibility index (Phi) is 8.79. The molecule has 0 unspecified atom stereocenters. The van der Waals surface area contributed by atoms with E-state index in [9.17, 15) is 19.5 Å². The second-order valence-electron chi connectivity index (χ2n) is 7.59. The van der Waals surface area contributed by atoms with Crippen molar-refractivity contribution >= 4 is 29.4 Å². The lowest BCUT2D eigenvalue weighted by atomic mass is 9.99. The molecule has 3 atom stereocenters. The number of esters is 1. The Balaban J connectivity index is 1.81. The van der Waals surface area contributed by atoms with Crippen LogP contribution < -0.4 is 10.6 Å². The van der Waals surface area contributed by atoms with Crippen LogP contribution in [0.1, 0.15) is 27.5 Å². The van der Waals surface area contributed by atoms with Crippen LogP contribution in [0.5, 0.6) is 0 Å². The van der Waals surface area contributed by atoms with Crippen molar-refractivity contribution in [1.29, 1.82) is 0 Å². The van der Waals surface area contributed by atoms with Crippen LogP contribution in [-0.2, 0) is 20.7 Å². The van der Waals surface area contributed by atoms with E-state index < -0.39 is 36.0 Å². The van der Waals surface area contributed by atoms with Crippen molar-refractivity contribution in [3.63, 3.8) is 0 Å². The second kappa shape index (κ2) is 12.0. The largest absolute Gasteiger partial charge is 0.467 e. The van der Waals surface area contributed by atoms with Crippen LogP contribution in [0.15, 0.2) is 84.9 Å². The number of hydrogen-bond donors (Lipinski definition) is 3. The summed E-state index contributed by atoms with van der Waals surface area (Å²) in [6, 6.07) is 21.8. The molecule has 0 saturated heterocycles. The predicted octanol–water partition coefficient (Wildman–Crippen LogP) is 3.07. The topological polar surface area (TPSA) is 105 Å². The van der Waals surface area contributed by atoms with Crippen molar-refractivity contribution in [1.82, 2.24) is 10.6 Å². The van der Waals surface area contributed by atoms with Gasteiger partial charge in [-0.1, -0.05) is 72.3 Å². The molecule has 0 saturated carbocycles. The van der Waals surface area contributed by atoms with Gasteiger partial charge in [0.15, 0.2) is 6.10 Å². The first-order chi connectivity index (χ1) is 16.4. The van der Waals surface area contributed by atoms with Crippen LogP contribution in [0.3, 0.4) is 0 Å². The highest BCUT2D eigenvalue weighted by molar-refractivity contribution is 6.30. The number of amides is 2. The van der Waals surface area contributed by atoms with Crippen LogP contribution >= 0.6 is 11.6 Å². The number of ether oxygens (including phenoxy) is 1. The fourth-order valence-corrected chi connectivity index (χ4v) is 3.68. The first-order valence-electron chi connectivity index (χ1n) is 10.6. The van der Waals surface area contributed by atoms with E-state index in [1.165, 1.54) is 7.11 Å². The van der Waals surface area contributed by atoms with Crippen molar-refractivity contribution < 1.29 is 24.2 Å². The number of nitrogens with one attached hydrogen (secondary N) is 2. The van der Waals surface area contributed by atoms with Gasteiger partial charge in [0.1, 0.15) is 6.04 Å². The minimum absolute atomic E-state index is 0.109. The number of carbonyl (C=O) groups excluding carboxylic acids is 3. The highest BCUT2D eigenvalue weighted by atomic mass is 35.5. The molecule has 7 nitrogen and oxygen atoms in total. The molecule has 3 aromatic carbocycles. The van der Waals surface area contributed by atoms with Crippen LogP contribution in [0.4, 0.5) is 0 Å². The molecule has 34 heavy (non-hydrogen) atoms. The van der Waals surface area contributed by atoms with Crippen LogP contribution in [-0.4, -0.2) is 42.1 Å². The Hall–Kier alpha value is -3.68. The summed E-state index contributed by atoms with van der Waals surface area (Å²) in [7, 11) is 1.21. The average molecular weight is 481 g/mol. The fraction of sp³-hybridized carbons (Fsp3) is 0.192. The zero-order chi connectivity index (χ0) is 24.5. The number of benzene rings is 3. The van der Waals surface area contributed by atoms with Gasteiger partial charge >= 0.3 is 5.97 Å². The van der Waals surface area contributed by atoms with Gasteiger partial charge in [-0.3, -0.25) is 9.59 Å². The van der Waals surface area contributed by atoms with Crippen molar-refractivity contribution in [2.75, 3.05) is 7.11 Å². The van der Waals surface area contributed by atoms with Crippen LogP contribution in [0.25, 0.3) is 0 Å². The maximum Gasteiger partial charge on any atom is 0.328 e. The molecule has 8 heteroatoms. The van der Waals surface area contributed by atoms with E-state index in [-0.39, 0.29) is 6.42 Å². The number of hydrogen-bond acceptors (Lipinski definition) is 5. The monoisotopic (exact) mass is 480 g/mol. The van der Waals surface area contributed by atoms with Gasteiger partial charge in [-0.05, 0) is 35.4 Å². The molecule has 3 rings (SSSR count). The summed E-state index contributed by atoms with van der Waals surface area (Å²) in [6.45, 7) is 0. The number of carbonyl (C=O) groups is 3. The van der Waals surface area contributed by atoms with Crippen LogP contribution in [0, 0.1) is 0 Å². The molecule has 3 N–H and O–H groups in total. The first kappa shape index (κ1) is 25.0. The predicted molar refractivity (Wildman–Crippen MR) is 128 cm³/mol. The Bertz CT molecular complexity index is 1120. The molecular formula is C26H25ClN2O5. The Morgan fingerprint density at radius 3 is 2.18 bits per heavy atom. The molecule has 0 spiro atoms. The second-order valence-corrected chi connectivity index (χ2v) is 8.03. The van der Waals surface area contributed by atoms with Crippen molar-refractivity contribution in [3.05, 3.63) is 107 Å². The summed E-state index contributed by atoms with van der Waals surface area (Å²) in [6.07, 6.45) is -1.57. The quantitative estimate of drug-likeness (QED) is 0.408. The highest BCUT2D eigenvalue weighted by Gasteiger charge is 2.32. The summed E-state index contributed by atoms with van der Waals surface area (Å²) < 4.78 is 4.82. The molecule has 0 fully saturated rings. The van der Waals surface area contributed by atoms with Gasteiger partial charge in [-0.2, -0.15) is 0 Å². The van der Waals surface area contributed by atoms with Crippen molar-refractivity contribution in [2.45, 2.75) is 24.6 Å². The highest BCUT2D eigenvalue weighted by Crippen LogP contribution is 2.19. The number of rotatable bonds is 9. The lowest BCUT2D eigenvalue weighted by molar-refractivity contribution is -0.146. The normalized spacial score (nSPS) is 13.3. The van der Waals surface area contributed by atoms with Gasteiger partial charge in [0.2, 0.25) is 0 Å². The minimum atomic E-state index is -1.68. The van der Waals surface area contributed by atoms with Crippen LogP contribution in [0.2, 0.25) is 5.02 Å². The molecule has 0 aliphatic carbocycles. The minimum Gasteiger partial charge on any atom is -0.467 e. The third kappa shape index (κ3) is 6.66. The van der Waals surface area contributed by atoms with E-state index in [0.29, 0.717) is 21.7 Å². The number of aliphatic hydroxyl groups is 1. The number of aliphatic hydroxyl groups excluding tert-OH is 1. The molecule has 0 bridgehead atoms. The maximum absolute atomic E-state index is 13.0. The van der Waals surface area contributed by atoms with Gasteiger partial charge in [0.05, 0.1) is 13.2 Å². The average Bonchev–Trinajstić information content (AvgIpc) is 2.86. The van der Waals surface area contributed by atoms with E-state index in [0.717, 1.165) is 0 Å². The molecule has 0 aliphatic rings. The Morgan fingerprint density at radius 1 is 0.912 bits per heavy atom. The van der Waals surface area contributed by atoms with E-state index in [1.807, 2.05) is 0 Å². The van der Waals surface area contributed by atoms with Gasteiger partial charge in [0, 0.05) is 17.0 Å².